The largest absolute Gasteiger partial charge is 0.501 e. The number of pyridine rings is 2. The van der Waals surface area contributed by atoms with Crippen molar-refractivity contribution in [2.75, 3.05) is 0 Å². The van der Waals surface area contributed by atoms with Crippen LogP contribution in [0.4, 0.5) is 0 Å². The van der Waals surface area contributed by atoms with E-state index in [1.807, 2.05) is 130 Å². The molecule has 0 aliphatic heterocycles. The van der Waals surface area contributed by atoms with Gasteiger partial charge in [-0.15, -0.1) is 54.1 Å². The summed E-state index contributed by atoms with van der Waals surface area (Å²) in [7, 11) is -1.77. The van der Waals surface area contributed by atoms with Gasteiger partial charge in [0, 0.05) is 51.5 Å². The molecular weight excluding hydrogens is 881 g/mol. The smallest absolute Gasteiger partial charge is 0.120 e. The third kappa shape index (κ3) is 7.94. The Bertz CT molecular complexity index is 2850. The van der Waals surface area contributed by atoms with E-state index >= 15 is 0 Å². The molecule has 1 radical (unpaired) electrons. The van der Waals surface area contributed by atoms with Gasteiger partial charge in [0.15, 0.2) is 0 Å². The summed E-state index contributed by atoms with van der Waals surface area (Å²) in [6.45, 7) is 12.7. The van der Waals surface area contributed by atoms with Crippen LogP contribution in [0, 0.1) is 26.0 Å². The molecule has 0 amide bonds. The molecule has 0 saturated heterocycles. The summed E-state index contributed by atoms with van der Waals surface area (Å²) in [5, 5.41) is 3.25. The molecule has 0 saturated carbocycles. The molecule has 0 spiro atoms. The van der Waals surface area contributed by atoms with Crippen LogP contribution in [0.5, 0.6) is 0 Å². The van der Waals surface area contributed by atoms with E-state index in [0.29, 0.717) is 0 Å². The van der Waals surface area contributed by atoms with Crippen LogP contribution in [0.15, 0.2) is 144 Å². The van der Waals surface area contributed by atoms with Crippen LogP contribution in [-0.4, -0.2) is 27.6 Å². The summed E-state index contributed by atoms with van der Waals surface area (Å²) in [5.74, 6) is 0.551. The van der Waals surface area contributed by atoms with Crippen molar-refractivity contribution >= 4 is 46.2 Å². The minimum absolute atomic E-state index is 0. The Labute approximate surface area is 346 Å². The standard InChI is InChI=1S/C26H18N3O.C23H26NSi.Ir/c1-16-14-18(15-17(2)27-16)29-23-12-5-4-11-22(23)28-26(29)21-10-7-9-20-19-8-3-6-13-24(19)30-25(20)21;1-18(19-11-7-5-8-12-19)15-21-16-22(20-13-9-6-10-14-20)24-17-23(21)25(2,3)4;/h3-9,11-15H,1-2H3;5-13,16-18H,15H2,1-4H3;/q2*-1;/i;15D2;. The first-order chi connectivity index (χ1) is 27.4. The van der Waals surface area contributed by atoms with E-state index in [0.717, 1.165) is 89.0 Å². The average molecular weight is 927 g/mol. The fraction of sp³-hybridized carbons (Fsp3) is 0.163. The molecule has 0 bridgehead atoms. The average Bonchev–Trinajstić information content (AvgIpc) is 3.80. The third-order valence-corrected chi connectivity index (χ3v) is 11.8. The minimum Gasteiger partial charge on any atom is -0.501 e. The Morgan fingerprint density at radius 1 is 0.768 bits per heavy atom. The van der Waals surface area contributed by atoms with E-state index in [-0.39, 0.29) is 26.0 Å². The van der Waals surface area contributed by atoms with Crippen LogP contribution in [0.3, 0.4) is 0 Å². The van der Waals surface area contributed by atoms with Gasteiger partial charge in [-0.3, -0.25) is 9.97 Å². The summed E-state index contributed by atoms with van der Waals surface area (Å²) in [5.41, 5.74) is 10.9. The van der Waals surface area contributed by atoms with E-state index < -0.39 is 14.4 Å². The van der Waals surface area contributed by atoms with Gasteiger partial charge in [-0.25, -0.2) is 0 Å². The Morgan fingerprint density at radius 2 is 1.48 bits per heavy atom. The molecule has 9 rings (SSSR count). The Kier molecular flexibility index (Phi) is 10.6. The topological polar surface area (TPSA) is 56.7 Å². The molecule has 0 N–H and O–H groups in total. The van der Waals surface area contributed by atoms with Crippen molar-refractivity contribution in [1.29, 1.82) is 0 Å². The van der Waals surface area contributed by atoms with Gasteiger partial charge in [0.05, 0.1) is 30.5 Å². The maximum atomic E-state index is 9.04. The predicted molar refractivity (Wildman–Crippen MR) is 230 cm³/mol. The molecule has 281 valence electrons. The number of furan rings is 1. The van der Waals surface area contributed by atoms with E-state index in [9.17, 15) is 0 Å². The summed E-state index contributed by atoms with van der Waals surface area (Å²) < 4.78 is 26.5. The Balaban J connectivity index is 0.000000175. The summed E-state index contributed by atoms with van der Waals surface area (Å²) >= 11 is 0. The normalized spacial score (nSPS) is 12.8. The number of aromatic nitrogens is 4. The van der Waals surface area contributed by atoms with Crippen molar-refractivity contribution in [3.63, 3.8) is 0 Å². The quantitative estimate of drug-likeness (QED) is 0.118. The van der Waals surface area contributed by atoms with E-state index in [1.165, 1.54) is 0 Å². The maximum Gasteiger partial charge on any atom is 0.120 e. The van der Waals surface area contributed by atoms with Crippen LogP contribution in [0.25, 0.3) is 61.3 Å². The number of para-hydroxylation sites is 3. The molecule has 56 heavy (non-hydrogen) atoms. The third-order valence-electron chi connectivity index (χ3n) is 9.82. The first-order valence-corrected chi connectivity index (χ1v) is 22.2. The van der Waals surface area contributed by atoms with Crippen LogP contribution in [0.2, 0.25) is 19.6 Å². The number of nitrogens with zero attached hydrogens (tertiary/aromatic N) is 4. The van der Waals surface area contributed by atoms with Crippen LogP contribution >= 0.6 is 0 Å². The first-order valence-electron chi connectivity index (χ1n) is 19.7. The number of imidazole rings is 1. The number of hydrogen-bond acceptors (Lipinski definition) is 4. The monoisotopic (exact) mass is 927 g/mol. The van der Waals surface area contributed by atoms with Gasteiger partial charge in [-0.05, 0) is 72.9 Å². The fourth-order valence-corrected chi connectivity index (χ4v) is 8.59. The minimum atomic E-state index is -1.77. The second kappa shape index (κ2) is 16.3. The molecule has 4 aromatic heterocycles. The maximum absolute atomic E-state index is 9.04. The molecule has 1 atom stereocenters. The van der Waals surface area contributed by atoms with E-state index in [1.54, 1.807) is 0 Å². The van der Waals surface area contributed by atoms with Gasteiger partial charge < -0.3 is 14.0 Å². The molecule has 9 aromatic rings. The van der Waals surface area contributed by atoms with Gasteiger partial charge >= 0.3 is 0 Å². The SMILES string of the molecule is Cc1cc(-n2c(-c3[c-]ccc4c3oc3ccccc34)nc3ccccc32)cc(C)n1.[2H]C([2H])(c1cc(-c2[c-]cccc2)ncc1[Si](C)(C)C)C(C)c1ccccc1.[Ir]. The van der Waals surface area contributed by atoms with Crippen LogP contribution in [-0.2, 0) is 26.5 Å². The number of hydrogen-bond donors (Lipinski definition) is 0. The second-order valence-electron chi connectivity index (χ2n) is 15.0. The zero-order valence-corrected chi connectivity index (χ0v) is 35.8. The van der Waals surface area contributed by atoms with E-state index in [2.05, 4.69) is 76.6 Å². The number of fused-ring (bicyclic) bond motifs is 4. The first kappa shape index (κ1) is 36.2. The zero-order valence-electron chi connectivity index (χ0n) is 34.4. The van der Waals surface area contributed by atoms with Crippen molar-refractivity contribution in [3.8, 4) is 28.3 Å². The van der Waals surface area contributed by atoms with Crippen LogP contribution in [0.1, 0.15) is 38.1 Å². The summed E-state index contributed by atoms with van der Waals surface area (Å²) in [6, 6.07) is 50.7. The van der Waals surface area contributed by atoms with Gasteiger partial charge in [-0.2, -0.15) is 0 Å². The summed E-state index contributed by atoms with van der Waals surface area (Å²) in [4.78, 5) is 14.2. The molecule has 5 aromatic carbocycles. The number of benzene rings is 5. The molecule has 0 aliphatic carbocycles. The van der Waals surface area contributed by atoms with Gasteiger partial charge in [-0.1, -0.05) is 110 Å². The number of rotatable bonds is 7. The molecule has 5 nitrogen and oxygen atoms in total. The van der Waals surface area contributed by atoms with Crippen molar-refractivity contribution in [3.05, 3.63) is 174 Å². The Morgan fingerprint density at radius 3 is 2.23 bits per heavy atom. The second-order valence-corrected chi connectivity index (χ2v) is 20.0. The summed E-state index contributed by atoms with van der Waals surface area (Å²) in [6.07, 6.45) is 0.400. The zero-order chi connectivity index (χ0) is 39.9. The molecule has 4 heterocycles. The number of aryl methyl sites for hydroxylation is 2. The predicted octanol–water partition coefficient (Wildman–Crippen LogP) is 11.8. The van der Waals surface area contributed by atoms with Gasteiger partial charge in [0.25, 0.3) is 0 Å². The van der Waals surface area contributed by atoms with Gasteiger partial charge in [0.1, 0.15) is 5.58 Å². The van der Waals surface area contributed by atoms with Gasteiger partial charge in [0.2, 0.25) is 0 Å². The molecule has 0 aliphatic rings. The fourth-order valence-electron chi connectivity index (χ4n) is 7.18. The van der Waals surface area contributed by atoms with Crippen molar-refractivity contribution in [2.24, 2.45) is 0 Å². The van der Waals surface area contributed by atoms with Crippen molar-refractivity contribution < 1.29 is 27.3 Å². The molecule has 1 unspecified atom stereocenters. The van der Waals surface area contributed by atoms with Crippen LogP contribution < -0.4 is 5.19 Å². The van der Waals surface area contributed by atoms with E-state index in [4.69, 9.17) is 12.1 Å². The molecular formula is C49H44IrN4OSi-2. The molecule has 7 heteroatoms. The Hall–Kier alpha value is -5.46. The van der Waals surface area contributed by atoms with Crippen molar-refractivity contribution in [1.82, 2.24) is 19.5 Å². The van der Waals surface area contributed by atoms with Crippen molar-refractivity contribution in [2.45, 2.75) is 52.7 Å². The molecule has 0 fully saturated rings.